The summed E-state index contributed by atoms with van der Waals surface area (Å²) >= 11 is 0. The molecule has 1 atom stereocenters. The quantitative estimate of drug-likeness (QED) is 0.697. The van der Waals surface area contributed by atoms with Crippen LogP contribution in [0.1, 0.15) is 20.8 Å². The fourth-order valence-electron chi connectivity index (χ4n) is 1.83. The summed E-state index contributed by atoms with van der Waals surface area (Å²) in [5.41, 5.74) is 0. The molecule has 0 aliphatic carbocycles. The number of likely N-dealkylation sites (N-methyl/N-ethyl adjacent to an activating group) is 1. The number of carbonyl (C=O) groups is 1. The van der Waals surface area contributed by atoms with Gasteiger partial charge in [0.2, 0.25) is 5.91 Å². The molecule has 18 heavy (non-hydrogen) atoms. The zero-order valence-electron chi connectivity index (χ0n) is 11.9. The SMILES string of the molecule is CC(=O)N(C)CC1CN(CC#CC(C)C)CCO1. The molecule has 0 aromatic rings. The molecular formula is C14H24N2O2. The van der Waals surface area contributed by atoms with Crippen molar-refractivity contribution in [2.24, 2.45) is 5.92 Å². The zero-order valence-corrected chi connectivity index (χ0v) is 11.9. The predicted molar refractivity (Wildman–Crippen MR) is 72.1 cm³/mol. The van der Waals surface area contributed by atoms with Crippen LogP contribution in [0.25, 0.3) is 0 Å². The molecule has 0 radical (unpaired) electrons. The number of rotatable bonds is 3. The van der Waals surface area contributed by atoms with Crippen molar-refractivity contribution in [1.29, 1.82) is 0 Å². The number of carbonyl (C=O) groups excluding carboxylic acids is 1. The molecule has 1 fully saturated rings. The van der Waals surface area contributed by atoms with Crippen molar-refractivity contribution in [2.75, 3.05) is 39.8 Å². The fraction of sp³-hybridized carbons (Fsp3) is 0.786. The Kier molecular flexibility index (Phi) is 6.17. The summed E-state index contributed by atoms with van der Waals surface area (Å²) in [5.74, 6) is 6.86. The van der Waals surface area contributed by atoms with Gasteiger partial charge in [-0.05, 0) is 0 Å². The fourth-order valence-corrected chi connectivity index (χ4v) is 1.83. The Morgan fingerprint density at radius 3 is 2.89 bits per heavy atom. The van der Waals surface area contributed by atoms with Crippen LogP contribution in [0.5, 0.6) is 0 Å². The van der Waals surface area contributed by atoms with E-state index in [0.29, 0.717) is 12.5 Å². The van der Waals surface area contributed by atoms with Gasteiger partial charge in [0.1, 0.15) is 0 Å². The van der Waals surface area contributed by atoms with Gasteiger partial charge < -0.3 is 9.64 Å². The summed E-state index contributed by atoms with van der Waals surface area (Å²) in [6.07, 6.45) is 0.105. The number of morpholine rings is 1. The van der Waals surface area contributed by atoms with Crippen molar-refractivity contribution < 1.29 is 9.53 Å². The number of ether oxygens (including phenoxy) is 1. The smallest absolute Gasteiger partial charge is 0.219 e. The normalized spacial score (nSPS) is 20.4. The molecule has 1 rings (SSSR count). The minimum absolute atomic E-state index is 0.0790. The topological polar surface area (TPSA) is 32.8 Å². The first-order valence-electron chi connectivity index (χ1n) is 6.53. The highest BCUT2D eigenvalue weighted by molar-refractivity contribution is 5.72. The maximum Gasteiger partial charge on any atom is 0.219 e. The Balaban J connectivity index is 2.37. The standard InChI is InChI=1S/C14H24N2O2/c1-12(2)6-5-7-16-8-9-18-14(11-16)10-15(4)13(3)17/h12,14H,7-11H2,1-4H3. The van der Waals surface area contributed by atoms with Crippen molar-refractivity contribution in [3.05, 3.63) is 0 Å². The summed E-state index contributed by atoms with van der Waals surface area (Å²) in [4.78, 5) is 15.2. The van der Waals surface area contributed by atoms with E-state index >= 15 is 0 Å². The van der Waals surface area contributed by atoms with Crippen LogP contribution < -0.4 is 0 Å². The molecule has 102 valence electrons. The van der Waals surface area contributed by atoms with Crippen LogP contribution in [0.3, 0.4) is 0 Å². The van der Waals surface area contributed by atoms with Crippen LogP contribution in [0.2, 0.25) is 0 Å². The number of amides is 1. The van der Waals surface area contributed by atoms with Crippen molar-refractivity contribution in [2.45, 2.75) is 26.9 Å². The Labute approximate surface area is 110 Å². The van der Waals surface area contributed by atoms with E-state index in [1.165, 1.54) is 0 Å². The first kappa shape index (κ1) is 15.0. The molecular weight excluding hydrogens is 228 g/mol. The maximum atomic E-state index is 11.2. The highest BCUT2D eigenvalue weighted by Gasteiger charge is 2.21. The second-order valence-electron chi connectivity index (χ2n) is 5.10. The highest BCUT2D eigenvalue weighted by Crippen LogP contribution is 2.06. The number of nitrogens with zero attached hydrogens (tertiary/aromatic N) is 2. The lowest BCUT2D eigenvalue weighted by atomic mass is 10.2. The van der Waals surface area contributed by atoms with Crippen LogP contribution in [0.4, 0.5) is 0 Å². The van der Waals surface area contributed by atoms with E-state index in [2.05, 4.69) is 30.6 Å². The Morgan fingerprint density at radius 1 is 1.56 bits per heavy atom. The minimum Gasteiger partial charge on any atom is -0.374 e. The molecule has 1 heterocycles. The summed E-state index contributed by atoms with van der Waals surface area (Å²) in [5, 5.41) is 0. The van der Waals surface area contributed by atoms with E-state index in [1.54, 1.807) is 11.8 Å². The highest BCUT2D eigenvalue weighted by atomic mass is 16.5. The lowest BCUT2D eigenvalue weighted by Crippen LogP contribution is -2.47. The Hall–Kier alpha value is -1.05. The van der Waals surface area contributed by atoms with E-state index in [-0.39, 0.29) is 12.0 Å². The van der Waals surface area contributed by atoms with E-state index in [1.807, 2.05) is 7.05 Å². The second kappa shape index (κ2) is 7.40. The van der Waals surface area contributed by atoms with Crippen LogP contribution in [0.15, 0.2) is 0 Å². The predicted octanol–water partition coefficient (Wildman–Crippen LogP) is 0.825. The van der Waals surface area contributed by atoms with Crippen molar-refractivity contribution in [3.63, 3.8) is 0 Å². The van der Waals surface area contributed by atoms with Crippen molar-refractivity contribution in [1.82, 2.24) is 9.80 Å². The number of hydrogen-bond donors (Lipinski definition) is 0. The molecule has 1 aliphatic rings. The summed E-state index contributed by atoms with van der Waals surface area (Å²) in [6, 6.07) is 0. The lowest BCUT2D eigenvalue weighted by Gasteiger charge is -2.33. The molecule has 4 heteroatoms. The van der Waals surface area contributed by atoms with Gasteiger partial charge in [-0.1, -0.05) is 25.7 Å². The summed E-state index contributed by atoms with van der Waals surface area (Å²) in [7, 11) is 1.81. The van der Waals surface area contributed by atoms with Crippen LogP contribution >= 0.6 is 0 Å². The molecule has 4 nitrogen and oxygen atoms in total. The largest absolute Gasteiger partial charge is 0.374 e. The third-order valence-electron chi connectivity index (χ3n) is 2.93. The molecule has 0 saturated carbocycles. The summed E-state index contributed by atoms with van der Waals surface area (Å²) in [6.45, 7) is 9.71. The second-order valence-corrected chi connectivity index (χ2v) is 5.10. The van der Waals surface area contributed by atoms with E-state index in [4.69, 9.17) is 4.74 Å². The van der Waals surface area contributed by atoms with Crippen LogP contribution in [-0.4, -0.2) is 61.6 Å². The first-order chi connectivity index (χ1) is 8.49. The molecule has 0 bridgehead atoms. The van der Waals surface area contributed by atoms with Gasteiger partial charge >= 0.3 is 0 Å². The molecule has 1 unspecified atom stereocenters. The molecule has 1 saturated heterocycles. The van der Waals surface area contributed by atoms with Gasteiger partial charge in [-0.15, -0.1) is 0 Å². The number of hydrogen-bond acceptors (Lipinski definition) is 3. The van der Waals surface area contributed by atoms with Crippen molar-refractivity contribution in [3.8, 4) is 11.8 Å². The third kappa shape index (κ3) is 5.52. The maximum absolute atomic E-state index is 11.2. The van der Waals surface area contributed by atoms with Gasteiger partial charge in [0, 0.05) is 39.5 Å². The van der Waals surface area contributed by atoms with E-state index in [0.717, 1.165) is 26.2 Å². The molecule has 0 N–H and O–H groups in total. The average molecular weight is 252 g/mol. The van der Waals surface area contributed by atoms with Gasteiger partial charge in [0.25, 0.3) is 0 Å². The molecule has 0 aromatic heterocycles. The van der Waals surface area contributed by atoms with Crippen LogP contribution in [-0.2, 0) is 9.53 Å². The van der Waals surface area contributed by atoms with E-state index < -0.39 is 0 Å². The van der Waals surface area contributed by atoms with Crippen LogP contribution in [0, 0.1) is 17.8 Å². The Bertz CT molecular complexity index is 330. The zero-order chi connectivity index (χ0) is 13.5. The van der Waals surface area contributed by atoms with Crippen molar-refractivity contribution >= 4 is 5.91 Å². The Morgan fingerprint density at radius 2 is 2.28 bits per heavy atom. The minimum atomic E-state index is 0.0790. The van der Waals surface area contributed by atoms with Gasteiger partial charge in [-0.2, -0.15) is 0 Å². The monoisotopic (exact) mass is 252 g/mol. The molecule has 0 aromatic carbocycles. The lowest BCUT2D eigenvalue weighted by molar-refractivity contribution is -0.130. The first-order valence-corrected chi connectivity index (χ1v) is 6.53. The third-order valence-corrected chi connectivity index (χ3v) is 2.93. The molecule has 1 amide bonds. The summed E-state index contributed by atoms with van der Waals surface area (Å²) < 4.78 is 5.67. The van der Waals surface area contributed by atoms with Gasteiger partial charge in [-0.3, -0.25) is 9.69 Å². The van der Waals surface area contributed by atoms with Gasteiger partial charge in [0.15, 0.2) is 0 Å². The molecule has 1 aliphatic heterocycles. The van der Waals surface area contributed by atoms with E-state index in [9.17, 15) is 4.79 Å². The molecule has 0 spiro atoms. The van der Waals surface area contributed by atoms with Gasteiger partial charge in [0.05, 0.1) is 19.3 Å². The van der Waals surface area contributed by atoms with Gasteiger partial charge in [-0.25, -0.2) is 0 Å². The average Bonchev–Trinajstić information content (AvgIpc) is 2.28.